The van der Waals surface area contributed by atoms with E-state index in [0.717, 1.165) is 21.4 Å². The number of nitrogen functional groups attached to an aromatic ring is 1. The van der Waals surface area contributed by atoms with E-state index in [0.29, 0.717) is 5.69 Å². The van der Waals surface area contributed by atoms with Crippen LogP contribution in [0.15, 0.2) is 39.6 Å². The molecular weight excluding hydrogens is 280 g/mol. The summed E-state index contributed by atoms with van der Waals surface area (Å²) in [6, 6.07) is 9.48. The van der Waals surface area contributed by atoms with Crippen LogP contribution in [0.5, 0.6) is 0 Å². The van der Waals surface area contributed by atoms with Crippen LogP contribution in [0.2, 0.25) is 0 Å². The average Bonchev–Trinajstić information content (AvgIpc) is 2.29. The van der Waals surface area contributed by atoms with Crippen LogP contribution in [0.3, 0.4) is 0 Å². The molecule has 1 aromatic heterocycles. The van der Waals surface area contributed by atoms with Crippen molar-refractivity contribution in [2.75, 3.05) is 5.73 Å². The second-order valence-electron chi connectivity index (χ2n) is 4.00. The van der Waals surface area contributed by atoms with Gasteiger partial charge in [-0.3, -0.25) is 9.36 Å². The summed E-state index contributed by atoms with van der Waals surface area (Å²) in [4.78, 5) is 12.1. The number of aryl methyl sites for hydroxylation is 2. The average molecular weight is 293 g/mol. The highest BCUT2D eigenvalue weighted by molar-refractivity contribution is 9.10. The van der Waals surface area contributed by atoms with Crippen molar-refractivity contribution in [2.24, 2.45) is 0 Å². The number of aromatic nitrogens is 1. The summed E-state index contributed by atoms with van der Waals surface area (Å²) >= 11 is 3.37. The van der Waals surface area contributed by atoms with Crippen LogP contribution in [0, 0.1) is 13.8 Å². The van der Waals surface area contributed by atoms with E-state index >= 15 is 0 Å². The third kappa shape index (κ3) is 2.13. The number of anilines is 1. The molecule has 17 heavy (non-hydrogen) atoms. The Kier molecular flexibility index (Phi) is 3.07. The molecule has 0 fully saturated rings. The minimum Gasteiger partial charge on any atom is -0.394 e. The lowest BCUT2D eigenvalue weighted by Gasteiger charge is -2.12. The van der Waals surface area contributed by atoms with E-state index in [1.54, 1.807) is 4.57 Å². The zero-order valence-electron chi connectivity index (χ0n) is 9.70. The topological polar surface area (TPSA) is 48.0 Å². The van der Waals surface area contributed by atoms with Gasteiger partial charge >= 0.3 is 0 Å². The third-order valence-electron chi connectivity index (χ3n) is 2.72. The highest BCUT2D eigenvalue weighted by Crippen LogP contribution is 2.16. The second kappa shape index (κ2) is 4.37. The normalized spacial score (nSPS) is 10.5. The van der Waals surface area contributed by atoms with Gasteiger partial charge in [-0.25, -0.2) is 0 Å². The fourth-order valence-electron chi connectivity index (χ4n) is 1.82. The lowest BCUT2D eigenvalue weighted by Crippen LogP contribution is -2.24. The van der Waals surface area contributed by atoms with Crippen LogP contribution in [0.25, 0.3) is 5.69 Å². The van der Waals surface area contributed by atoms with Gasteiger partial charge in [0.15, 0.2) is 0 Å². The van der Waals surface area contributed by atoms with Gasteiger partial charge in [-0.1, -0.05) is 15.9 Å². The summed E-state index contributed by atoms with van der Waals surface area (Å²) in [5, 5.41) is 0. The molecule has 3 nitrogen and oxygen atoms in total. The van der Waals surface area contributed by atoms with Gasteiger partial charge in [0.25, 0.3) is 5.56 Å². The molecule has 0 atom stereocenters. The highest BCUT2D eigenvalue weighted by atomic mass is 79.9. The predicted octanol–water partition coefficient (Wildman–Crippen LogP) is 2.80. The first-order valence-electron chi connectivity index (χ1n) is 5.25. The van der Waals surface area contributed by atoms with E-state index in [4.69, 9.17) is 5.73 Å². The molecule has 2 N–H and O–H groups in total. The first-order valence-corrected chi connectivity index (χ1v) is 6.04. The second-order valence-corrected chi connectivity index (χ2v) is 4.92. The Morgan fingerprint density at radius 2 is 1.76 bits per heavy atom. The Morgan fingerprint density at radius 3 is 2.35 bits per heavy atom. The molecule has 1 heterocycles. The van der Waals surface area contributed by atoms with E-state index in [2.05, 4.69) is 15.9 Å². The fraction of sp³-hybridized carbons (Fsp3) is 0.154. The van der Waals surface area contributed by atoms with Crippen LogP contribution in [-0.4, -0.2) is 4.57 Å². The summed E-state index contributed by atoms with van der Waals surface area (Å²) in [5.74, 6) is 0. The molecule has 2 rings (SSSR count). The zero-order chi connectivity index (χ0) is 12.6. The molecule has 0 amide bonds. The first-order chi connectivity index (χ1) is 8.00. The molecule has 0 radical (unpaired) electrons. The van der Waals surface area contributed by atoms with Crippen LogP contribution in [-0.2, 0) is 0 Å². The summed E-state index contributed by atoms with van der Waals surface area (Å²) in [6.45, 7) is 3.74. The van der Waals surface area contributed by atoms with E-state index in [9.17, 15) is 4.79 Å². The molecule has 2 aromatic rings. The predicted molar refractivity (Wildman–Crippen MR) is 73.6 cm³/mol. The van der Waals surface area contributed by atoms with Gasteiger partial charge in [0.05, 0.1) is 0 Å². The van der Waals surface area contributed by atoms with Gasteiger partial charge in [0.2, 0.25) is 0 Å². The highest BCUT2D eigenvalue weighted by Gasteiger charge is 2.08. The number of nitrogens with zero attached hydrogens (tertiary/aromatic N) is 1. The van der Waals surface area contributed by atoms with Crippen molar-refractivity contribution in [3.05, 3.63) is 56.4 Å². The van der Waals surface area contributed by atoms with Crippen LogP contribution in [0.1, 0.15) is 11.3 Å². The number of nitrogens with two attached hydrogens (primary N) is 1. The molecule has 0 aliphatic rings. The summed E-state index contributed by atoms with van der Waals surface area (Å²) in [5.41, 5.74) is 8.44. The minimum atomic E-state index is -0.162. The standard InChI is InChI=1S/C13H13BrN2O/c1-8-7-9(2)16(13(17)12(8)15)11-5-3-10(14)4-6-11/h3-7H,15H2,1-2H3. The summed E-state index contributed by atoms with van der Waals surface area (Å²) in [7, 11) is 0. The number of hydrogen-bond acceptors (Lipinski definition) is 2. The Hall–Kier alpha value is -1.55. The summed E-state index contributed by atoms with van der Waals surface area (Å²) < 4.78 is 2.60. The molecule has 0 saturated heterocycles. The van der Waals surface area contributed by atoms with Crippen molar-refractivity contribution in [1.82, 2.24) is 4.57 Å². The van der Waals surface area contributed by atoms with Crippen molar-refractivity contribution in [3.63, 3.8) is 0 Å². The van der Waals surface area contributed by atoms with Crippen LogP contribution < -0.4 is 11.3 Å². The van der Waals surface area contributed by atoms with Gasteiger partial charge in [0.1, 0.15) is 5.69 Å². The van der Waals surface area contributed by atoms with E-state index in [-0.39, 0.29) is 5.56 Å². The monoisotopic (exact) mass is 292 g/mol. The Morgan fingerprint density at radius 1 is 1.18 bits per heavy atom. The van der Waals surface area contributed by atoms with E-state index < -0.39 is 0 Å². The van der Waals surface area contributed by atoms with Gasteiger partial charge in [-0.15, -0.1) is 0 Å². The SMILES string of the molecule is Cc1cc(C)n(-c2ccc(Br)cc2)c(=O)c1N. The molecule has 4 heteroatoms. The number of rotatable bonds is 1. The number of benzene rings is 1. The molecule has 0 aliphatic carbocycles. The smallest absolute Gasteiger partial charge is 0.278 e. The number of pyridine rings is 1. The number of halogens is 1. The molecule has 1 aromatic carbocycles. The van der Waals surface area contributed by atoms with E-state index in [1.807, 2.05) is 44.2 Å². The maximum absolute atomic E-state index is 12.1. The first kappa shape index (κ1) is 11.9. The lowest BCUT2D eigenvalue weighted by molar-refractivity contribution is 0.932. The quantitative estimate of drug-likeness (QED) is 0.879. The lowest BCUT2D eigenvalue weighted by atomic mass is 10.2. The van der Waals surface area contributed by atoms with Crippen LogP contribution >= 0.6 is 15.9 Å². The molecule has 0 bridgehead atoms. The Labute approximate surface area is 108 Å². The molecule has 88 valence electrons. The largest absolute Gasteiger partial charge is 0.394 e. The fourth-order valence-corrected chi connectivity index (χ4v) is 2.08. The summed E-state index contributed by atoms with van der Waals surface area (Å²) in [6.07, 6.45) is 0. The van der Waals surface area contributed by atoms with Crippen molar-refractivity contribution in [2.45, 2.75) is 13.8 Å². The van der Waals surface area contributed by atoms with Crippen molar-refractivity contribution < 1.29 is 0 Å². The van der Waals surface area contributed by atoms with Gasteiger partial charge in [-0.05, 0) is 49.7 Å². The maximum Gasteiger partial charge on any atom is 0.278 e. The molecule has 0 aliphatic heterocycles. The van der Waals surface area contributed by atoms with Crippen molar-refractivity contribution in [3.8, 4) is 5.69 Å². The minimum absolute atomic E-state index is 0.162. The molecule has 0 unspecified atom stereocenters. The van der Waals surface area contributed by atoms with Crippen LogP contribution in [0.4, 0.5) is 5.69 Å². The number of hydrogen-bond donors (Lipinski definition) is 1. The van der Waals surface area contributed by atoms with Crippen molar-refractivity contribution in [1.29, 1.82) is 0 Å². The Bertz CT molecular complexity index is 615. The molecule has 0 saturated carbocycles. The van der Waals surface area contributed by atoms with Crippen molar-refractivity contribution >= 4 is 21.6 Å². The molecule has 0 spiro atoms. The zero-order valence-corrected chi connectivity index (χ0v) is 11.3. The maximum atomic E-state index is 12.1. The van der Waals surface area contributed by atoms with Gasteiger partial charge in [0, 0.05) is 15.9 Å². The van der Waals surface area contributed by atoms with Gasteiger partial charge in [-0.2, -0.15) is 0 Å². The van der Waals surface area contributed by atoms with Gasteiger partial charge < -0.3 is 5.73 Å². The molecular formula is C13H13BrN2O. The Balaban J connectivity index is 2.72. The third-order valence-corrected chi connectivity index (χ3v) is 3.25. The van der Waals surface area contributed by atoms with E-state index in [1.165, 1.54) is 0 Å².